The molecule has 1 heterocycles. The van der Waals surface area contributed by atoms with E-state index in [4.69, 9.17) is 0 Å². The SMILES string of the molecule is CS(=O)(=O)Nc1cc(C(O)CCCCN2CCN(c3ccccc3)CC2)ccc1S(C)(=O)=O. The fourth-order valence-electron chi connectivity index (χ4n) is 4.07. The smallest absolute Gasteiger partial charge is 0.229 e. The Morgan fingerprint density at radius 3 is 2.21 bits per heavy atom. The quantitative estimate of drug-likeness (QED) is 0.488. The number of para-hydroxylation sites is 1. The Morgan fingerprint density at radius 2 is 1.61 bits per heavy atom. The highest BCUT2D eigenvalue weighted by atomic mass is 32.2. The van der Waals surface area contributed by atoms with Crippen molar-refractivity contribution in [2.45, 2.75) is 30.3 Å². The summed E-state index contributed by atoms with van der Waals surface area (Å²) in [5, 5.41) is 10.6. The molecule has 8 nitrogen and oxygen atoms in total. The highest BCUT2D eigenvalue weighted by Gasteiger charge is 2.20. The lowest BCUT2D eigenvalue weighted by Crippen LogP contribution is -2.46. The van der Waals surface area contributed by atoms with Crippen LogP contribution in [0.25, 0.3) is 0 Å². The molecule has 182 valence electrons. The Hall–Kier alpha value is -2.14. The minimum Gasteiger partial charge on any atom is -0.388 e. The van der Waals surface area contributed by atoms with Crippen molar-refractivity contribution >= 4 is 31.2 Å². The maximum absolute atomic E-state index is 12.0. The summed E-state index contributed by atoms with van der Waals surface area (Å²) >= 11 is 0. The van der Waals surface area contributed by atoms with Crippen LogP contribution in [0.15, 0.2) is 53.4 Å². The number of sulfone groups is 1. The van der Waals surface area contributed by atoms with Gasteiger partial charge in [0, 0.05) is 38.1 Å². The number of unbranched alkanes of at least 4 members (excludes halogenated alkanes) is 1. The van der Waals surface area contributed by atoms with Crippen LogP contribution in [0.1, 0.15) is 30.9 Å². The van der Waals surface area contributed by atoms with E-state index in [0.29, 0.717) is 12.0 Å². The fourth-order valence-corrected chi connectivity index (χ4v) is 5.52. The largest absolute Gasteiger partial charge is 0.388 e. The van der Waals surface area contributed by atoms with E-state index in [0.717, 1.165) is 58.1 Å². The van der Waals surface area contributed by atoms with Crippen LogP contribution in [0, 0.1) is 0 Å². The molecule has 2 aromatic rings. The molecule has 33 heavy (non-hydrogen) atoms. The van der Waals surface area contributed by atoms with E-state index in [1.807, 2.05) is 6.07 Å². The third-order valence-corrected chi connectivity index (χ3v) is 7.52. The normalized spacial score (nSPS) is 16.5. The molecule has 1 unspecified atom stereocenters. The number of sulfonamides is 1. The summed E-state index contributed by atoms with van der Waals surface area (Å²) in [6.07, 6.45) is 3.45. The maximum atomic E-state index is 12.0. The first-order valence-corrected chi connectivity index (χ1v) is 14.8. The minimum atomic E-state index is -3.66. The number of nitrogens with zero attached hydrogens (tertiary/aromatic N) is 2. The topological polar surface area (TPSA) is 107 Å². The van der Waals surface area contributed by atoms with Crippen LogP contribution in [0.3, 0.4) is 0 Å². The number of nitrogens with one attached hydrogen (secondary N) is 1. The molecule has 1 aliphatic heterocycles. The van der Waals surface area contributed by atoms with Gasteiger partial charge in [-0.2, -0.15) is 0 Å². The Balaban J connectivity index is 1.49. The Morgan fingerprint density at radius 1 is 0.939 bits per heavy atom. The van der Waals surface area contributed by atoms with Crippen LogP contribution in [0.2, 0.25) is 0 Å². The van der Waals surface area contributed by atoms with E-state index < -0.39 is 26.0 Å². The number of benzene rings is 2. The minimum absolute atomic E-state index is 0.0344. The second-order valence-corrected chi connectivity index (χ2v) is 12.3. The van der Waals surface area contributed by atoms with Crippen molar-refractivity contribution in [1.29, 1.82) is 0 Å². The molecule has 3 rings (SSSR count). The van der Waals surface area contributed by atoms with Gasteiger partial charge in [-0.1, -0.05) is 24.3 Å². The van der Waals surface area contributed by atoms with Gasteiger partial charge in [-0.15, -0.1) is 0 Å². The zero-order valence-electron chi connectivity index (χ0n) is 19.1. The van der Waals surface area contributed by atoms with Crippen molar-refractivity contribution in [3.05, 3.63) is 54.1 Å². The number of aliphatic hydroxyl groups excluding tert-OH is 1. The Bertz CT molecular complexity index is 1130. The molecule has 0 aliphatic carbocycles. The zero-order valence-corrected chi connectivity index (χ0v) is 20.8. The van der Waals surface area contributed by atoms with Gasteiger partial charge in [-0.25, -0.2) is 16.8 Å². The summed E-state index contributed by atoms with van der Waals surface area (Å²) in [5.74, 6) is 0. The van der Waals surface area contributed by atoms with Crippen molar-refractivity contribution < 1.29 is 21.9 Å². The van der Waals surface area contributed by atoms with Gasteiger partial charge in [-0.05, 0) is 55.6 Å². The van der Waals surface area contributed by atoms with E-state index >= 15 is 0 Å². The lowest BCUT2D eigenvalue weighted by Gasteiger charge is -2.36. The number of aliphatic hydroxyl groups is 1. The van der Waals surface area contributed by atoms with E-state index in [-0.39, 0.29) is 10.6 Å². The number of hydrogen-bond donors (Lipinski definition) is 2. The molecule has 0 radical (unpaired) electrons. The van der Waals surface area contributed by atoms with Gasteiger partial charge in [-0.3, -0.25) is 9.62 Å². The van der Waals surface area contributed by atoms with Crippen molar-refractivity contribution in [3.8, 4) is 0 Å². The van der Waals surface area contributed by atoms with Crippen LogP contribution in [0.4, 0.5) is 11.4 Å². The molecule has 0 bridgehead atoms. The molecule has 1 aliphatic rings. The Labute approximate surface area is 197 Å². The lowest BCUT2D eigenvalue weighted by atomic mass is 10.0. The summed E-state index contributed by atoms with van der Waals surface area (Å²) in [7, 11) is -7.28. The predicted octanol–water partition coefficient (Wildman–Crippen LogP) is 2.49. The van der Waals surface area contributed by atoms with Gasteiger partial charge in [0.1, 0.15) is 0 Å². The van der Waals surface area contributed by atoms with E-state index in [2.05, 4.69) is 38.8 Å². The first-order chi connectivity index (χ1) is 15.5. The third kappa shape index (κ3) is 7.70. The molecular weight excluding hydrogens is 462 g/mol. The van der Waals surface area contributed by atoms with Crippen LogP contribution < -0.4 is 9.62 Å². The molecule has 1 atom stereocenters. The third-order valence-electron chi connectivity index (χ3n) is 5.78. The van der Waals surface area contributed by atoms with E-state index in [9.17, 15) is 21.9 Å². The standard InChI is InChI=1S/C23H33N3O5S2/c1-32(28,29)23-12-11-19(18-21(23)24-33(2,30)31)22(27)10-6-7-13-25-14-16-26(17-15-25)20-8-4-3-5-9-20/h3-5,8-9,11-12,18,22,24,27H,6-7,10,13-17H2,1-2H3. The summed E-state index contributed by atoms with van der Waals surface area (Å²) < 4.78 is 49.5. The summed E-state index contributed by atoms with van der Waals surface area (Å²) in [6.45, 7) is 4.96. The van der Waals surface area contributed by atoms with Crippen LogP contribution in [-0.4, -0.2) is 72.1 Å². The van der Waals surface area contributed by atoms with Gasteiger partial charge in [0.25, 0.3) is 0 Å². The fraction of sp³-hybridized carbons (Fsp3) is 0.478. The van der Waals surface area contributed by atoms with Gasteiger partial charge in [0.15, 0.2) is 9.84 Å². The zero-order chi connectivity index (χ0) is 24.1. The molecular formula is C23H33N3O5S2. The molecule has 1 fully saturated rings. The summed E-state index contributed by atoms with van der Waals surface area (Å²) in [6, 6.07) is 14.7. The highest BCUT2D eigenvalue weighted by Crippen LogP contribution is 2.28. The average Bonchev–Trinajstić information content (AvgIpc) is 2.75. The molecule has 1 saturated heterocycles. The summed E-state index contributed by atoms with van der Waals surface area (Å²) in [5.41, 5.74) is 1.71. The predicted molar refractivity (Wildman–Crippen MR) is 132 cm³/mol. The van der Waals surface area contributed by atoms with Crippen LogP contribution >= 0.6 is 0 Å². The maximum Gasteiger partial charge on any atom is 0.229 e. The molecule has 10 heteroatoms. The molecule has 2 N–H and O–H groups in total. The van der Waals surface area contributed by atoms with Gasteiger partial charge in [0.05, 0.1) is 22.9 Å². The van der Waals surface area contributed by atoms with Crippen molar-refractivity contribution in [3.63, 3.8) is 0 Å². The molecule has 0 aromatic heterocycles. The highest BCUT2D eigenvalue weighted by molar-refractivity contribution is 7.92. The molecule has 2 aromatic carbocycles. The molecule has 0 spiro atoms. The van der Waals surface area contributed by atoms with Crippen LogP contribution in [-0.2, 0) is 19.9 Å². The number of anilines is 2. The monoisotopic (exact) mass is 495 g/mol. The van der Waals surface area contributed by atoms with Crippen molar-refractivity contribution in [1.82, 2.24) is 4.90 Å². The lowest BCUT2D eigenvalue weighted by molar-refractivity contribution is 0.160. The van der Waals surface area contributed by atoms with Gasteiger partial charge >= 0.3 is 0 Å². The first kappa shape index (κ1) is 25.5. The van der Waals surface area contributed by atoms with Crippen LogP contribution in [0.5, 0.6) is 0 Å². The average molecular weight is 496 g/mol. The number of hydrogen-bond acceptors (Lipinski definition) is 7. The van der Waals surface area contributed by atoms with Gasteiger partial charge in [0.2, 0.25) is 10.0 Å². The Kier molecular flexibility index (Phi) is 8.38. The van der Waals surface area contributed by atoms with Gasteiger partial charge < -0.3 is 10.0 Å². The van der Waals surface area contributed by atoms with E-state index in [1.165, 1.54) is 23.9 Å². The summed E-state index contributed by atoms with van der Waals surface area (Å²) in [4.78, 5) is 4.71. The number of piperazine rings is 1. The van der Waals surface area contributed by atoms with E-state index in [1.54, 1.807) is 0 Å². The second kappa shape index (κ2) is 10.9. The van der Waals surface area contributed by atoms with Crippen molar-refractivity contribution in [2.75, 3.05) is 54.9 Å². The molecule has 0 saturated carbocycles. The van der Waals surface area contributed by atoms with Crippen molar-refractivity contribution in [2.24, 2.45) is 0 Å². The number of rotatable bonds is 10. The second-order valence-electron chi connectivity index (χ2n) is 8.58. The first-order valence-electron chi connectivity index (χ1n) is 11.0. The molecule has 0 amide bonds.